The predicted molar refractivity (Wildman–Crippen MR) is 298 cm³/mol. The average molecular weight is 1130 g/mol. The highest BCUT2D eigenvalue weighted by molar-refractivity contribution is 6.11. The maximum atomic E-state index is 14.2. The van der Waals surface area contributed by atoms with E-state index < -0.39 is 23.7 Å². The SMILES string of the molecule is C[C@@H]1CN([C@@H](C)c2cc3c(c(C4CC4)n2)CN(c2cccc(C4(Cc5nncn5C)COC4)c2)C3=O)CCC1(F)F.C[C@H](c1cc2c(c(C3CC3)n1)CN(c1cccc(C3(Cc4nncn4C)COC3)c1)C2=O)N1CCC(F)(F)[C@H](C)C1. The number of carbonyl (C=O) groups is 2. The summed E-state index contributed by atoms with van der Waals surface area (Å²) in [6, 6.07) is 20.0. The summed E-state index contributed by atoms with van der Waals surface area (Å²) in [5, 5.41) is 16.7. The molecule has 0 N–H and O–H groups in total. The van der Waals surface area contributed by atoms with Crippen LogP contribution in [0.15, 0.2) is 73.3 Å². The number of ether oxygens (including phenoxy) is 2. The zero-order chi connectivity index (χ0) is 57.0. The van der Waals surface area contributed by atoms with E-state index in [4.69, 9.17) is 19.4 Å². The molecule has 82 heavy (non-hydrogen) atoms. The summed E-state index contributed by atoms with van der Waals surface area (Å²) in [6.07, 6.45) is 8.81. The van der Waals surface area contributed by atoms with Gasteiger partial charge >= 0.3 is 0 Å². The smallest absolute Gasteiger partial charge is 0.259 e. The zero-order valence-corrected chi connectivity index (χ0v) is 47.6. The van der Waals surface area contributed by atoms with Crippen LogP contribution < -0.4 is 9.80 Å². The summed E-state index contributed by atoms with van der Waals surface area (Å²) in [5.41, 5.74) is 10.6. The number of anilines is 2. The highest BCUT2D eigenvalue weighted by atomic mass is 19.3. The Hall–Kier alpha value is -6.48. The summed E-state index contributed by atoms with van der Waals surface area (Å²) in [6.45, 7) is 11.9. The third kappa shape index (κ3) is 9.91. The number of aromatic nitrogens is 8. The van der Waals surface area contributed by atoms with E-state index in [0.29, 0.717) is 102 Å². The third-order valence-electron chi connectivity index (χ3n) is 19.4. The number of fused-ring (bicyclic) bond motifs is 2. The van der Waals surface area contributed by atoms with Gasteiger partial charge in [-0.3, -0.25) is 29.4 Å². The number of halogens is 4. The minimum Gasteiger partial charge on any atom is -0.379 e. The summed E-state index contributed by atoms with van der Waals surface area (Å²) in [7, 11) is 3.89. The van der Waals surface area contributed by atoms with Crippen molar-refractivity contribution in [2.75, 3.05) is 62.4 Å². The van der Waals surface area contributed by atoms with Gasteiger partial charge in [0.05, 0.1) is 50.9 Å². The molecule has 2 amide bonds. The topological polar surface area (TPSA) is 153 Å². The van der Waals surface area contributed by atoms with Gasteiger partial charge < -0.3 is 28.4 Å². The number of nitrogens with zero attached hydrogens (tertiary/aromatic N) is 12. The second kappa shape index (κ2) is 20.7. The van der Waals surface area contributed by atoms with Gasteiger partial charge in [0, 0.05) is 158 Å². The van der Waals surface area contributed by atoms with Crippen LogP contribution in [-0.4, -0.2) is 126 Å². The molecule has 2 aliphatic carbocycles. The average Bonchev–Trinajstić information content (AvgIpc) is 4.16. The second-order valence-corrected chi connectivity index (χ2v) is 25.1. The van der Waals surface area contributed by atoms with E-state index >= 15 is 0 Å². The van der Waals surface area contributed by atoms with Crippen LogP contribution >= 0.6 is 0 Å². The van der Waals surface area contributed by atoms with E-state index in [9.17, 15) is 27.2 Å². The van der Waals surface area contributed by atoms with Gasteiger partial charge in [0.1, 0.15) is 24.3 Å². The Morgan fingerprint density at radius 1 is 0.598 bits per heavy atom. The van der Waals surface area contributed by atoms with Gasteiger partial charge in [0.2, 0.25) is 0 Å². The van der Waals surface area contributed by atoms with Crippen LogP contribution in [0.5, 0.6) is 0 Å². The molecule has 0 unspecified atom stereocenters. The van der Waals surface area contributed by atoms with Crippen LogP contribution in [0.4, 0.5) is 28.9 Å². The molecular weight excluding hydrogens is 1050 g/mol. The minimum atomic E-state index is -2.63. The molecule has 4 atom stereocenters. The molecule has 8 aliphatic rings. The number of piperidine rings is 2. The minimum absolute atomic E-state index is 0.0272. The van der Waals surface area contributed by atoms with E-state index in [1.165, 1.54) is 0 Å². The van der Waals surface area contributed by atoms with Crippen molar-refractivity contribution in [3.05, 3.63) is 141 Å². The van der Waals surface area contributed by atoms with Crippen molar-refractivity contribution in [2.24, 2.45) is 25.9 Å². The van der Waals surface area contributed by atoms with Gasteiger partial charge in [0.25, 0.3) is 23.7 Å². The predicted octanol–water partition coefficient (Wildman–Crippen LogP) is 9.59. The van der Waals surface area contributed by atoms with Crippen LogP contribution in [0.3, 0.4) is 0 Å². The van der Waals surface area contributed by atoms with Crippen molar-refractivity contribution in [3.8, 4) is 0 Å². The maximum Gasteiger partial charge on any atom is 0.259 e. The standard InChI is InChI=1S/2C31H36F2N6O2/c2*1-19-14-38(10-9-31(19,32)33)20(2)26-12-24-25(28(35-26)21-7-8-21)15-39(29(24)40)23-6-4-5-22(11-23)30(16-41-17-30)13-27-36-34-18-37(27)3/h2*4-6,11-12,18-21H,7-10,13-17H2,1-3H3/t19-,20+;19-,20-/m11/s1. The number of pyridine rings is 2. The monoisotopic (exact) mass is 1120 g/mol. The van der Waals surface area contributed by atoms with Gasteiger partial charge in [-0.05, 0) is 87.1 Å². The molecule has 6 aromatic rings. The molecule has 10 heterocycles. The first kappa shape index (κ1) is 54.8. The van der Waals surface area contributed by atoms with Crippen molar-refractivity contribution in [3.63, 3.8) is 0 Å². The van der Waals surface area contributed by atoms with E-state index in [2.05, 4.69) is 54.5 Å². The Morgan fingerprint density at radius 2 is 1.00 bits per heavy atom. The molecule has 2 saturated carbocycles. The lowest BCUT2D eigenvalue weighted by molar-refractivity contribution is -0.106. The van der Waals surface area contributed by atoms with Crippen LogP contribution in [-0.2, 0) is 60.3 Å². The molecule has 4 aromatic heterocycles. The molecule has 0 radical (unpaired) electrons. The molecule has 2 aromatic carbocycles. The fourth-order valence-corrected chi connectivity index (χ4v) is 13.2. The maximum absolute atomic E-state index is 14.2. The third-order valence-corrected chi connectivity index (χ3v) is 19.4. The highest BCUT2D eigenvalue weighted by Crippen LogP contribution is 2.48. The summed E-state index contributed by atoms with van der Waals surface area (Å²) in [4.78, 5) is 46.0. The number of hydrogen-bond acceptors (Lipinski definition) is 12. The molecule has 20 heteroatoms. The van der Waals surface area contributed by atoms with Crippen molar-refractivity contribution in [2.45, 2.75) is 139 Å². The first-order valence-corrected chi connectivity index (χ1v) is 29.3. The van der Waals surface area contributed by atoms with E-state index in [1.54, 1.807) is 26.5 Å². The van der Waals surface area contributed by atoms with Crippen LogP contribution in [0.2, 0.25) is 0 Å². The zero-order valence-electron chi connectivity index (χ0n) is 47.6. The van der Waals surface area contributed by atoms with Crippen molar-refractivity contribution >= 4 is 23.2 Å². The Balaban J connectivity index is 0.000000154. The van der Waals surface area contributed by atoms with Crippen molar-refractivity contribution < 1.29 is 36.6 Å². The molecular formula is C62H72F4N12O4. The molecule has 0 bridgehead atoms. The van der Waals surface area contributed by atoms with Crippen molar-refractivity contribution in [1.29, 1.82) is 0 Å². The first-order chi connectivity index (χ1) is 39.3. The molecule has 432 valence electrons. The number of amides is 2. The lowest BCUT2D eigenvalue weighted by atomic mass is 9.75. The Labute approximate surface area is 475 Å². The van der Waals surface area contributed by atoms with Crippen LogP contribution in [0.1, 0.15) is 168 Å². The number of aryl methyl sites for hydroxylation is 2. The summed E-state index contributed by atoms with van der Waals surface area (Å²) in [5.74, 6) is -4.22. The Morgan fingerprint density at radius 3 is 1.33 bits per heavy atom. The Bertz CT molecular complexity index is 3220. The highest BCUT2D eigenvalue weighted by Gasteiger charge is 2.48. The normalized spacial score (nSPS) is 24.3. The summed E-state index contributed by atoms with van der Waals surface area (Å²) >= 11 is 0. The quantitative estimate of drug-likeness (QED) is 0.0955. The van der Waals surface area contributed by atoms with Crippen LogP contribution in [0.25, 0.3) is 0 Å². The fourth-order valence-electron chi connectivity index (χ4n) is 13.2. The Kier molecular flexibility index (Phi) is 13.8. The molecule has 16 nitrogen and oxygen atoms in total. The van der Waals surface area contributed by atoms with Gasteiger partial charge in [-0.15, -0.1) is 20.4 Å². The summed E-state index contributed by atoms with van der Waals surface area (Å²) < 4.78 is 72.0. The van der Waals surface area contributed by atoms with Crippen LogP contribution in [0, 0.1) is 11.8 Å². The van der Waals surface area contributed by atoms with Gasteiger partial charge in [-0.1, -0.05) is 38.1 Å². The molecule has 0 spiro atoms. The van der Waals surface area contributed by atoms with E-state index in [1.807, 2.05) is 83.3 Å². The largest absolute Gasteiger partial charge is 0.379 e. The van der Waals surface area contributed by atoms with E-state index in [0.717, 1.165) is 93.7 Å². The molecule has 6 aliphatic heterocycles. The van der Waals surface area contributed by atoms with E-state index in [-0.39, 0.29) is 47.6 Å². The lowest BCUT2D eigenvalue weighted by Gasteiger charge is -2.42. The fraction of sp³-hybridized carbons (Fsp3) is 0.548. The number of carbonyl (C=O) groups excluding carboxylic acids is 2. The molecule has 4 saturated heterocycles. The van der Waals surface area contributed by atoms with Crippen molar-refractivity contribution in [1.82, 2.24) is 49.3 Å². The second-order valence-electron chi connectivity index (χ2n) is 25.1. The number of alkyl halides is 4. The number of benzene rings is 2. The molecule has 14 rings (SSSR count). The number of likely N-dealkylation sites (tertiary alicyclic amines) is 2. The molecule has 6 fully saturated rings. The first-order valence-electron chi connectivity index (χ1n) is 29.3. The lowest BCUT2D eigenvalue weighted by Crippen LogP contribution is -2.49. The number of hydrogen-bond donors (Lipinski definition) is 0. The van der Waals surface area contributed by atoms with Gasteiger partial charge in [0.15, 0.2) is 0 Å². The van der Waals surface area contributed by atoms with Gasteiger partial charge in [-0.25, -0.2) is 17.6 Å². The number of rotatable bonds is 14. The van der Waals surface area contributed by atoms with Gasteiger partial charge in [-0.2, -0.15) is 0 Å².